The quantitative estimate of drug-likeness (QED) is 0.668. The molecule has 1 aliphatic rings. The zero-order valence-electron chi connectivity index (χ0n) is 10.8. The van der Waals surface area contributed by atoms with Crippen LogP contribution in [0.4, 0.5) is 0 Å². The molecule has 1 fully saturated rings. The fourth-order valence-corrected chi connectivity index (χ4v) is 1.54. The Hall–Kier alpha value is -0.650. The number of ether oxygens (including phenoxy) is 1. The zero-order valence-corrected chi connectivity index (χ0v) is 10.8. The molecule has 1 rings (SSSR count). The lowest BCUT2D eigenvalue weighted by Gasteiger charge is -2.22. The molecule has 0 aromatic heterocycles. The Morgan fingerprint density at radius 3 is 2.28 bits per heavy atom. The maximum atomic E-state index is 10.5. The van der Waals surface area contributed by atoms with Gasteiger partial charge >= 0.3 is 5.97 Å². The van der Waals surface area contributed by atoms with Gasteiger partial charge in [-0.05, 0) is 26.7 Å². The van der Waals surface area contributed by atoms with Crippen LogP contribution in [0.15, 0.2) is 0 Å². The van der Waals surface area contributed by atoms with E-state index in [1.807, 2.05) is 6.92 Å². The molecule has 0 aromatic rings. The summed E-state index contributed by atoms with van der Waals surface area (Å²) in [6.45, 7) is 5.35. The maximum Gasteiger partial charge on any atom is 0.308 e. The molecule has 0 unspecified atom stereocenters. The van der Waals surface area contributed by atoms with Gasteiger partial charge in [0.25, 0.3) is 0 Å². The molecule has 1 aliphatic heterocycles. The second kappa shape index (κ2) is 10.3. The van der Waals surface area contributed by atoms with E-state index in [2.05, 4.69) is 0 Å². The molecular weight excluding hydrogens is 236 g/mol. The molecule has 1 heterocycles. The molecule has 0 radical (unpaired) electrons. The first kappa shape index (κ1) is 19.7. The zero-order chi connectivity index (χ0) is 13.4. The summed E-state index contributed by atoms with van der Waals surface area (Å²) in [5.41, 5.74) is 0. The van der Waals surface area contributed by atoms with Gasteiger partial charge in [-0.3, -0.25) is 4.79 Å². The van der Waals surface area contributed by atoms with Crippen LogP contribution in [0.25, 0.3) is 0 Å². The number of hydrogen-bond acceptors (Lipinski definition) is 5. The minimum absolute atomic E-state index is 0. The molecule has 0 spiro atoms. The highest BCUT2D eigenvalue weighted by Gasteiger charge is 2.23. The summed E-state index contributed by atoms with van der Waals surface area (Å²) >= 11 is 0. The minimum Gasteiger partial charge on any atom is -0.462 e. The molecule has 0 amide bonds. The van der Waals surface area contributed by atoms with Crippen LogP contribution < -0.4 is 0 Å². The molecule has 110 valence electrons. The van der Waals surface area contributed by atoms with E-state index in [-0.39, 0.29) is 38.1 Å². The van der Waals surface area contributed by atoms with Crippen LogP contribution in [0, 0.1) is 0 Å². The summed E-state index contributed by atoms with van der Waals surface area (Å²) in [4.78, 5) is 10.5. The van der Waals surface area contributed by atoms with E-state index in [0.717, 1.165) is 6.42 Å². The van der Waals surface area contributed by atoms with Gasteiger partial charge in [0.2, 0.25) is 0 Å². The number of hydrogen-bond donors (Lipinski definition) is 3. The van der Waals surface area contributed by atoms with Crippen molar-refractivity contribution >= 4 is 5.97 Å². The Balaban J connectivity index is 0. The van der Waals surface area contributed by atoms with Gasteiger partial charge in [-0.2, -0.15) is 0 Å². The monoisotopic (exact) mass is 264 g/mol. The van der Waals surface area contributed by atoms with Crippen molar-refractivity contribution in [1.29, 1.82) is 0 Å². The van der Waals surface area contributed by atoms with Crippen LogP contribution in [0.1, 0.15) is 53.9 Å². The van der Waals surface area contributed by atoms with Gasteiger partial charge in [-0.1, -0.05) is 14.4 Å². The largest absolute Gasteiger partial charge is 0.462 e. The summed E-state index contributed by atoms with van der Waals surface area (Å²) in [6, 6.07) is 0. The van der Waals surface area contributed by atoms with Crippen LogP contribution >= 0.6 is 0 Å². The molecular formula is C13H28O5. The molecule has 18 heavy (non-hydrogen) atoms. The van der Waals surface area contributed by atoms with Crippen molar-refractivity contribution < 1.29 is 24.9 Å². The van der Waals surface area contributed by atoms with Crippen molar-refractivity contribution in [2.45, 2.75) is 78.3 Å². The van der Waals surface area contributed by atoms with Crippen LogP contribution in [-0.4, -0.2) is 45.7 Å². The highest BCUT2D eigenvalue weighted by molar-refractivity contribution is 5.70. The number of aliphatic hydroxyl groups is 3. The average molecular weight is 264 g/mol. The van der Waals surface area contributed by atoms with Gasteiger partial charge in [-0.15, -0.1) is 0 Å². The van der Waals surface area contributed by atoms with Crippen LogP contribution in [0.5, 0.6) is 0 Å². The Morgan fingerprint density at radius 1 is 1.44 bits per heavy atom. The van der Waals surface area contributed by atoms with Crippen LogP contribution in [0.2, 0.25) is 0 Å². The van der Waals surface area contributed by atoms with Gasteiger partial charge in [-0.25, -0.2) is 0 Å². The van der Waals surface area contributed by atoms with E-state index in [1.54, 1.807) is 13.8 Å². The molecule has 1 saturated heterocycles. The Bertz CT molecular complexity index is 205. The average Bonchev–Trinajstić information content (AvgIpc) is 2.15. The number of carbonyl (C=O) groups excluding carboxylic acids is 1. The predicted molar refractivity (Wildman–Crippen MR) is 70.1 cm³/mol. The summed E-state index contributed by atoms with van der Waals surface area (Å²) in [5.74, 6) is -0.291. The van der Waals surface area contributed by atoms with Crippen molar-refractivity contribution in [2.24, 2.45) is 0 Å². The maximum absolute atomic E-state index is 10.5. The van der Waals surface area contributed by atoms with Crippen LogP contribution in [-0.2, 0) is 9.53 Å². The molecule has 0 aliphatic carbocycles. The highest BCUT2D eigenvalue weighted by Crippen LogP contribution is 2.13. The third-order valence-electron chi connectivity index (χ3n) is 2.42. The highest BCUT2D eigenvalue weighted by atomic mass is 16.5. The van der Waals surface area contributed by atoms with E-state index >= 15 is 0 Å². The van der Waals surface area contributed by atoms with Crippen molar-refractivity contribution in [3.8, 4) is 0 Å². The summed E-state index contributed by atoms with van der Waals surface area (Å²) in [5, 5.41) is 26.5. The SMILES string of the molecule is C.CC[C@H](O)C[C@@H](C)O.C[C@@H]1C[C@@H](O)CC(=O)O1. The fraction of sp³-hybridized carbons (Fsp3) is 0.923. The van der Waals surface area contributed by atoms with Gasteiger partial charge in [0, 0.05) is 6.42 Å². The molecule has 5 nitrogen and oxygen atoms in total. The third-order valence-corrected chi connectivity index (χ3v) is 2.42. The first-order valence-corrected chi connectivity index (χ1v) is 6.08. The first-order chi connectivity index (χ1) is 7.85. The van der Waals surface area contributed by atoms with Gasteiger partial charge < -0.3 is 20.1 Å². The van der Waals surface area contributed by atoms with E-state index in [4.69, 9.17) is 20.1 Å². The Kier molecular flexibility index (Phi) is 11.3. The lowest BCUT2D eigenvalue weighted by atomic mass is 10.1. The van der Waals surface area contributed by atoms with Gasteiger partial charge in [0.15, 0.2) is 0 Å². The number of cyclic esters (lactones) is 1. The molecule has 3 N–H and O–H groups in total. The third kappa shape index (κ3) is 10.5. The number of esters is 1. The normalized spacial score (nSPS) is 26.0. The molecule has 0 bridgehead atoms. The summed E-state index contributed by atoms with van der Waals surface area (Å²) in [7, 11) is 0. The van der Waals surface area contributed by atoms with Crippen molar-refractivity contribution in [3.05, 3.63) is 0 Å². The minimum atomic E-state index is -0.485. The van der Waals surface area contributed by atoms with Crippen molar-refractivity contribution in [3.63, 3.8) is 0 Å². The lowest BCUT2D eigenvalue weighted by Crippen LogP contribution is -2.30. The van der Waals surface area contributed by atoms with Crippen molar-refractivity contribution in [2.75, 3.05) is 0 Å². The van der Waals surface area contributed by atoms with Crippen molar-refractivity contribution in [1.82, 2.24) is 0 Å². The second-order valence-corrected chi connectivity index (χ2v) is 4.54. The Morgan fingerprint density at radius 2 is 2.00 bits per heavy atom. The number of rotatable bonds is 3. The second-order valence-electron chi connectivity index (χ2n) is 4.54. The van der Waals surface area contributed by atoms with E-state index in [0.29, 0.717) is 12.8 Å². The van der Waals surface area contributed by atoms with E-state index < -0.39 is 6.10 Å². The van der Waals surface area contributed by atoms with E-state index in [9.17, 15) is 4.79 Å². The first-order valence-electron chi connectivity index (χ1n) is 6.08. The van der Waals surface area contributed by atoms with E-state index in [1.165, 1.54) is 0 Å². The summed E-state index contributed by atoms with van der Waals surface area (Å²) < 4.78 is 4.76. The molecule has 4 atom stereocenters. The van der Waals surface area contributed by atoms with Gasteiger partial charge in [0.1, 0.15) is 6.10 Å². The Labute approximate surface area is 110 Å². The molecule has 5 heteroatoms. The smallest absolute Gasteiger partial charge is 0.308 e. The molecule has 0 saturated carbocycles. The molecule has 0 aromatic carbocycles. The predicted octanol–water partition coefficient (Wildman–Crippen LogP) is 1.24. The lowest BCUT2D eigenvalue weighted by molar-refractivity contribution is -0.158. The standard InChI is InChI=1S/C6H10O3.C6H14O2.CH4/c1-4-2-5(7)3-6(8)9-4;1-3-6(8)4-5(2)7;/h4-5,7H,2-3H2,1H3;5-8H,3-4H2,1-2H3;1H4/t4-,5-;5-,6+;/m11./s1. The van der Waals surface area contributed by atoms with Gasteiger partial charge in [0.05, 0.1) is 24.7 Å². The van der Waals surface area contributed by atoms with Crippen LogP contribution in [0.3, 0.4) is 0 Å². The topological polar surface area (TPSA) is 87.0 Å². The fourth-order valence-electron chi connectivity index (χ4n) is 1.54. The summed E-state index contributed by atoms with van der Waals surface area (Å²) in [6.07, 6.45) is 0.666. The number of carbonyl (C=O) groups is 1. The number of aliphatic hydroxyl groups excluding tert-OH is 3.